The molecule has 0 radical (unpaired) electrons. The fraction of sp³-hybridized carbons (Fsp3) is 0.588. The molecule has 1 aromatic rings. The maximum absolute atomic E-state index is 13.1. The zero-order valence-electron chi connectivity index (χ0n) is 15.1. The number of sulfonamides is 1. The number of nitrogens with one attached hydrogen (secondary N) is 1. The average Bonchev–Trinajstić information content (AvgIpc) is 2.67. The smallest absolute Gasteiger partial charge is 0.246 e. The molecular formula is C17H26N2O6S. The molecule has 0 spiro atoms. The lowest BCUT2D eigenvalue weighted by Gasteiger charge is -2.31. The number of aliphatic hydroxyl groups excluding tert-OH is 1. The van der Waals surface area contributed by atoms with Gasteiger partial charge in [0.25, 0.3) is 0 Å². The number of carbonyl (C=O) groups excluding carboxylic acids is 1. The van der Waals surface area contributed by atoms with Crippen LogP contribution in [0.15, 0.2) is 23.1 Å². The molecule has 1 fully saturated rings. The Kier molecular flexibility index (Phi) is 7.24. The van der Waals surface area contributed by atoms with Gasteiger partial charge in [-0.1, -0.05) is 0 Å². The summed E-state index contributed by atoms with van der Waals surface area (Å²) in [5, 5.41) is 11.5. The number of amides is 1. The highest BCUT2D eigenvalue weighted by atomic mass is 32.2. The highest BCUT2D eigenvalue weighted by molar-refractivity contribution is 7.89. The maximum atomic E-state index is 13.1. The quantitative estimate of drug-likeness (QED) is 0.634. The summed E-state index contributed by atoms with van der Waals surface area (Å²) in [5.74, 6) is 0.0600. The van der Waals surface area contributed by atoms with E-state index in [-0.39, 0.29) is 29.7 Å². The molecule has 1 saturated heterocycles. The minimum absolute atomic E-state index is 0.00108. The van der Waals surface area contributed by atoms with Crippen LogP contribution >= 0.6 is 0 Å². The van der Waals surface area contributed by atoms with Crippen LogP contribution in [0.4, 0.5) is 0 Å². The summed E-state index contributed by atoms with van der Waals surface area (Å²) in [6, 6.07) is 4.61. The Labute approximate surface area is 154 Å². The van der Waals surface area contributed by atoms with Gasteiger partial charge in [0.15, 0.2) is 0 Å². The lowest BCUT2D eigenvalue weighted by molar-refractivity contribution is -0.126. The van der Waals surface area contributed by atoms with Gasteiger partial charge in [-0.15, -0.1) is 0 Å². The molecule has 1 aliphatic heterocycles. The highest BCUT2D eigenvalue weighted by Gasteiger charge is 2.35. The number of aliphatic hydroxyl groups is 1. The predicted octanol–water partition coefficient (Wildman–Crippen LogP) is 0.603. The molecule has 0 saturated carbocycles. The van der Waals surface area contributed by atoms with Crippen LogP contribution in [-0.4, -0.2) is 64.2 Å². The third-order valence-corrected chi connectivity index (χ3v) is 6.26. The zero-order valence-corrected chi connectivity index (χ0v) is 15.9. The van der Waals surface area contributed by atoms with Crippen molar-refractivity contribution in [1.29, 1.82) is 0 Å². The second-order valence-electron chi connectivity index (χ2n) is 6.09. The Hall–Kier alpha value is -1.84. The summed E-state index contributed by atoms with van der Waals surface area (Å²) in [4.78, 5) is 12.3. The third kappa shape index (κ3) is 4.66. The van der Waals surface area contributed by atoms with Gasteiger partial charge in [-0.05, 0) is 31.4 Å². The summed E-state index contributed by atoms with van der Waals surface area (Å²) >= 11 is 0. The number of hydrogen-bond donors (Lipinski definition) is 2. The van der Waals surface area contributed by atoms with Gasteiger partial charge in [-0.3, -0.25) is 4.79 Å². The van der Waals surface area contributed by atoms with E-state index in [0.717, 1.165) is 0 Å². The first-order valence-electron chi connectivity index (χ1n) is 8.54. The lowest BCUT2D eigenvalue weighted by Crippen LogP contribution is -2.45. The Balaban J connectivity index is 2.19. The molecule has 2 rings (SSSR count). The van der Waals surface area contributed by atoms with Crippen molar-refractivity contribution < 1.29 is 27.8 Å². The van der Waals surface area contributed by atoms with E-state index in [0.29, 0.717) is 38.1 Å². The Morgan fingerprint density at radius 2 is 2.12 bits per heavy atom. The topological polar surface area (TPSA) is 105 Å². The summed E-state index contributed by atoms with van der Waals surface area (Å²) in [6.07, 6.45) is 1.71. The number of piperidine rings is 1. The van der Waals surface area contributed by atoms with E-state index >= 15 is 0 Å². The van der Waals surface area contributed by atoms with Crippen LogP contribution in [0.25, 0.3) is 0 Å². The molecule has 0 aliphatic carbocycles. The first kappa shape index (κ1) is 20.5. The van der Waals surface area contributed by atoms with Crippen LogP contribution in [0.1, 0.15) is 19.3 Å². The molecule has 146 valence electrons. The standard InChI is InChI=1S/C17H26N2O6S/c1-24-14-6-7-15(25-2)16(11-14)26(22,23)19-9-3-5-13(12-19)17(21)18-8-4-10-20/h6-7,11,13,20H,3-5,8-10,12H2,1-2H3,(H,18,21)/t13-/m0/s1. The van der Waals surface area contributed by atoms with Crippen LogP contribution in [-0.2, 0) is 14.8 Å². The number of methoxy groups -OCH3 is 2. The summed E-state index contributed by atoms with van der Waals surface area (Å²) in [7, 11) is -0.945. The Morgan fingerprint density at radius 1 is 1.35 bits per heavy atom. The van der Waals surface area contributed by atoms with Crippen molar-refractivity contribution in [3.05, 3.63) is 18.2 Å². The van der Waals surface area contributed by atoms with Gasteiger partial charge in [0.2, 0.25) is 15.9 Å². The summed E-state index contributed by atoms with van der Waals surface area (Å²) in [5.41, 5.74) is 0. The van der Waals surface area contributed by atoms with Crippen molar-refractivity contribution in [3.63, 3.8) is 0 Å². The van der Waals surface area contributed by atoms with Gasteiger partial charge < -0.3 is 19.9 Å². The molecule has 1 amide bonds. The predicted molar refractivity (Wildman–Crippen MR) is 95.7 cm³/mol. The zero-order chi connectivity index (χ0) is 19.2. The van der Waals surface area contributed by atoms with Gasteiger partial charge in [-0.25, -0.2) is 8.42 Å². The largest absolute Gasteiger partial charge is 0.497 e. The average molecular weight is 386 g/mol. The SMILES string of the molecule is COc1ccc(OC)c(S(=O)(=O)N2CCC[C@H](C(=O)NCCCO)C2)c1. The van der Waals surface area contributed by atoms with Crippen LogP contribution in [0.2, 0.25) is 0 Å². The lowest BCUT2D eigenvalue weighted by atomic mass is 9.99. The van der Waals surface area contributed by atoms with Crippen molar-refractivity contribution in [2.45, 2.75) is 24.2 Å². The van der Waals surface area contributed by atoms with E-state index < -0.39 is 15.9 Å². The van der Waals surface area contributed by atoms with Crippen molar-refractivity contribution >= 4 is 15.9 Å². The first-order valence-corrected chi connectivity index (χ1v) is 9.98. The summed E-state index contributed by atoms with van der Waals surface area (Å²) < 4.78 is 37.8. The van der Waals surface area contributed by atoms with Crippen molar-refractivity contribution in [2.75, 3.05) is 40.5 Å². The first-order chi connectivity index (χ1) is 12.4. The Bertz CT molecular complexity index is 722. The Morgan fingerprint density at radius 3 is 2.77 bits per heavy atom. The maximum Gasteiger partial charge on any atom is 0.246 e. The molecule has 0 aromatic heterocycles. The molecular weight excluding hydrogens is 360 g/mol. The molecule has 1 heterocycles. The number of hydrogen-bond acceptors (Lipinski definition) is 6. The number of ether oxygens (including phenoxy) is 2. The fourth-order valence-corrected chi connectivity index (χ4v) is 4.63. The fourth-order valence-electron chi connectivity index (χ4n) is 2.93. The molecule has 9 heteroatoms. The van der Waals surface area contributed by atoms with Crippen LogP contribution in [0, 0.1) is 5.92 Å². The number of nitrogens with zero attached hydrogens (tertiary/aromatic N) is 1. The molecule has 26 heavy (non-hydrogen) atoms. The normalized spacial score (nSPS) is 18.3. The molecule has 1 atom stereocenters. The van der Waals surface area contributed by atoms with Crippen LogP contribution in [0.5, 0.6) is 11.5 Å². The number of rotatable bonds is 8. The molecule has 0 unspecified atom stereocenters. The second-order valence-corrected chi connectivity index (χ2v) is 7.99. The number of benzene rings is 1. The second kappa shape index (κ2) is 9.20. The summed E-state index contributed by atoms with van der Waals surface area (Å²) in [6.45, 7) is 0.847. The molecule has 8 nitrogen and oxygen atoms in total. The molecule has 2 N–H and O–H groups in total. The van der Waals surface area contributed by atoms with E-state index in [1.165, 1.54) is 24.6 Å². The van der Waals surface area contributed by atoms with Crippen molar-refractivity contribution in [2.24, 2.45) is 5.92 Å². The van der Waals surface area contributed by atoms with Gasteiger partial charge in [0.05, 0.1) is 20.1 Å². The van der Waals surface area contributed by atoms with Gasteiger partial charge in [0.1, 0.15) is 16.4 Å². The van der Waals surface area contributed by atoms with Crippen molar-refractivity contribution in [1.82, 2.24) is 9.62 Å². The number of carbonyl (C=O) groups is 1. The minimum Gasteiger partial charge on any atom is -0.497 e. The monoisotopic (exact) mass is 386 g/mol. The van der Waals surface area contributed by atoms with E-state index in [1.807, 2.05) is 0 Å². The van der Waals surface area contributed by atoms with Crippen molar-refractivity contribution in [3.8, 4) is 11.5 Å². The van der Waals surface area contributed by atoms with E-state index in [4.69, 9.17) is 14.6 Å². The van der Waals surface area contributed by atoms with E-state index in [1.54, 1.807) is 12.1 Å². The third-order valence-electron chi connectivity index (χ3n) is 4.38. The highest BCUT2D eigenvalue weighted by Crippen LogP contribution is 2.32. The van der Waals surface area contributed by atoms with Gasteiger partial charge in [0, 0.05) is 32.3 Å². The van der Waals surface area contributed by atoms with Gasteiger partial charge in [-0.2, -0.15) is 4.31 Å². The molecule has 1 aliphatic rings. The van der Waals surface area contributed by atoms with Gasteiger partial charge >= 0.3 is 0 Å². The minimum atomic E-state index is -3.82. The van der Waals surface area contributed by atoms with E-state index in [9.17, 15) is 13.2 Å². The molecule has 1 aromatic carbocycles. The molecule has 0 bridgehead atoms. The van der Waals surface area contributed by atoms with Crippen LogP contribution < -0.4 is 14.8 Å². The van der Waals surface area contributed by atoms with Crippen LogP contribution in [0.3, 0.4) is 0 Å². The van der Waals surface area contributed by atoms with E-state index in [2.05, 4.69) is 5.32 Å².